The van der Waals surface area contributed by atoms with Crippen molar-refractivity contribution in [2.24, 2.45) is 68.3 Å². The lowest BCUT2D eigenvalue weighted by Crippen LogP contribution is -2.70. The molecule has 1 aromatic rings. The fourth-order valence-electron chi connectivity index (χ4n) is 12.1. The summed E-state index contributed by atoms with van der Waals surface area (Å²) in [6.45, 7) is 26.4. The van der Waals surface area contributed by atoms with Gasteiger partial charge in [0.2, 0.25) is 0 Å². The average molecular weight is 654 g/mol. The molecule has 0 amide bonds. The van der Waals surface area contributed by atoms with E-state index < -0.39 is 17.4 Å². The normalized spacial score (nSPS) is 45.0. The third-order valence-corrected chi connectivity index (χ3v) is 15.9. The molecular formula is C38H63N5O4. The first-order valence-electron chi connectivity index (χ1n) is 18.5. The van der Waals surface area contributed by atoms with Crippen LogP contribution >= 0.6 is 0 Å². The Labute approximate surface area is 283 Å². The molecule has 1 saturated heterocycles. The number of rotatable bonds is 8. The zero-order valence-electron chi connectivity index (χ0n) is 31.1. The molecule has 9 nitrogen and oxygen atoms in total. The molecule has 1 aliphatic heterocycles. The van der Waals surface area contributed by atoms with Crippen LogP contribution in [0.2, 0.25) is 0 Å². The molecule has 2 heterocycles. The number of hydrogen-bond donors (Lipinski definition) is 2. The van der Waals surface area contributed by atoms with Crippen molar-refractivity contribution in [3.05, 3.63) is 17.5 Å². The quantitative estimate of drug-likeness (QED) is 0.291. The molecule has 0 unspecified atom stereocenters. The number of allylic oxidation sites excluding steroid dienone is 1. The monoisotopic (exact) mass is 653 g/mol. The second kappa shape index (κ2) is 11.3. The zero-order valence-corrected chi connectivity index (χ0v) is 31.1. The van der Waals surface area contributed by atoms with E-state index in [-0.39, 0.29) is 51.1 Å². The molecule has 9 heteroatoms. The van der Waals surface area contributed by atoms with Crippen LogP contribution in [0.1, 0.15) is 120 Å². The molecule has 2 bridgehead atoms. The molecule has 264 valence electrons. The van der Waals surface area contributed by atoms with Crippen molar-refractivity contribution < 1.29 is 19.4 Å². The van der Waals surface area contributed by atoms with E-state index in [2.05, 4.69) is 90.8 Å². The van der Waals surface area contributed by atoms with Gasteiger partial charge in [-0.3, -0.25) is 4.79 Å². The van der Waals surface area contributed by atoms with Crippen LogP contribution in [0.5, 0.6) is 0 Å². The number of ether oxygens (including phenoxy) is 2. The van der Waals surface area contributed by atoms with Crippen LogP contribution in [-0.2, 0) is 14.3 Å². The van der Waals surface area contributed by atoms with Gasteiger partial charge in [0.25, 0.3) is 0 Å². The minimum Gasteiger partial charge on any atom is -0.481 e. The Bertz CT molecular complexity index is 1410. The second-order valence-electron chi connectivity index (χ2n) is 18.7. The maximum atomic E-state index is 13.5. The third-order valence-electron chi connectivity index (χ3n) is 15.9. The van der Waals surface area contributed by atoms with Gasteiger partial charge in [0.1, 0.15) is 5.82 Å². The summed E-state index contributed by atoms with van der Waals surface area (Å²) < 4.78 is 15.9. The molecule has 4 aliphatic carbocycles. The summed E-state index contributed by atoms with van der Waals surface area (Å²) in [6.07, 6.45) is 7.99. The van der Waals surface area contributed by atoms with Crippen LogP contribution in [0.4, 0.5) is 0 Å². The lowest BCUT2D eigenvalue weighted by Gasteiger charge is -2.71. The molecule has 5 aliphatic rings. The highest BCUT2D eigenvalue weighted by molar-refractivity contribution is 5.73. The van der Waals surface area contributed by atoms with E-state index in [0.29, 0.717) is 37.6 Å². The van der Waals surface area contributed by atoms with Gasteiger partial charge in [-0.05, 0) is 114 Å². The number of nitrogens with zero attached hydrogens (tertiary/aromatic N) is 4. The third kappa shape index (κ3) is 4.78. The second-order valence-corrected chi connectivity index (χ2v) is 18.7. The number of aliphatic carboxylic acids is 1. The van der Waals surface area contributed by atoms with Crippen LogP contribution in [0, 0.1) is 69.5 Å². The van der Waals surface area contributed by atoms with Crippen molar-refractivity contribution in [1.82, 2.24) is 20.2 Å². The molecule has 12 atom stereocenters. The van der Waals surface area contributed by atoms with Crippen molar-refractivity contribution in [1.29, 1.82) is 0 Å². The van der Waals surface area contributed by atoms with E-state index in [0.717, 1.165) is 44.3 Å². The smallest absolute Gasteiger partial charge is 0.307 e. The molecule has 0 spiro atoms. The van der Waals surface area contributed by atoms with Gasteiger partial charge in [-0.2, -0.15) is 0 Å². The number of tetrazole rings is 1. The SMILES string of the molecule is Cc1nnnn1[C@@H]1C[C@]2(C)COC[C@@]3(C4=CC[C@@]5(C)[C@H](C(=O)O)[C@@](C)([C@H](C)C(C)C)CC[C@]5(C)[C@H]4CC[C@H]23)[C@H]1OC[C@](C)(N)C(C)C. The van der Waals surface area contributed by atoms with Crippen molar-refractivity contribution in [2.75, 3.05) is 19.8 Å². The van der Waals surface area contributed by atoms with Gasteiger partial charge < -0.3 is 20.3 Å². The Hall–Kier alpha value is -1.84. The number of carbonyl (C=O) groups is 1. The number of fused-ring (bicyclic) bond motifs is 3. The summed E-state index contributed by atoms with van der Waals surface area (Å²) in [5.74, 6) is 1.33. The van der Waals surface area contributed by atoms with E-state index in [9.17, 15) is 9.90 Å². The van der Waals surface area contributed by atoms with Crippen molar-refractivity contribution >= 4 is 5.97 Å². The van der Waals surface area contributed by atoms with E-state index in [4.69, 9.17) is 15.2 Å². The number of hydrogen-bond acceptors (Lipinski definition) is 7. The van der Waals surface area contributed by atoms with Gasteiger partial charge in [0.05, 0.1) is 37.9 Å². The molecule has 3 saturated carbocycles. The van der Waals surface area contributed by atoms with E-state index in [1.54, 1.807) is 0 Å². The first-order valence-corrected chi connectivity index (χ1v) is 18.5. The minimum absolute atomic E-state index is 0.0628. The topological polar surface area (TPSA) is 125 Å². The standard InChI is InChI=1S/C38H63N5O4/c1-22(2)24(5)34(8)16-17-35(9)26-12-13-29-33(7)18-28(43-25(6)40-41-42-43)31(47-20-37(11,39)23(3)4)38(29,21-46-19-33)27(26)14-15-36(35,10)30(34)32(44)45/h14,22-24,26,28-31H,12-13,15-21,39H2,1-11H3,(H,44,45)/t24-,26+,28-,29-,30-,31+,33-,34-,35-,36+,37+,38+/m1/s1. The van der Waals surface area contributed by atoms with Gasteiger partial charge in [-0.15, -0.1) is 5.10 Å². The molecule has 47 heavy (non-hydrogen) atoms. The van der Waals surface area contributed by atoms with Gasteiger partial charge in [0.15, 0.2) is 0 Å². The predicted molar refractivity (Wildman–Crippen MR) is 182 cm³/mol. The van der Waals surface area contributed by atoms with Crippen LogP contribution in [0.3, 0.4) is 0 Å². The Morgan fingerprint density at radius 2 is 1.83 bits per heavy atom. The maximum Gasteiger partial charge on any atom is 0.307 e. The fraction of sp³-hybridized carbons (Fsp3) is 0.895. The van der Waals surface area contributed by atoms with Crippen molar-refractivity contribution in [3.8, 4) is 0 Å². The molecule has 3 N–H and O–H groups in total. The Morgan fingerprint density at radius 1 is 1.13 bits per heavy atom. The van der Waals surface area contributed by atoms with Crippen molar-refractivity contribution in [3.63, 3.8) is 0 Å². The number of carboxylic acid groups (broad SMARTS) is 1. The van der Waals surface area contributed by atoms with E-state index in [1.807, 2.05) is 11.6 Å². The van der Waals surface area contributed by atoms with Gasteiger partial charge >= 0.3 is 5.97 Å². The van der Waals surface area contributed by atoms with Crippen LogP contribution in [-0.4, -0.2) is 62.7 Å². The van der Waals surface area contributed by atoms with Crippen LogP contribution < -0.4 is 5.73 Å². The summed E-state index contributed by atoms with van der Waals surface area (Å²) in [7, 11) is 0. The summed E-state index contributed by atoms with van der Waals surface area (Å²) >= 11 is 0. The fourth-order valence-corrected chi connectivity index (χ4v) is 12.1. The predicted octanol–water partition coefficient (Wildman–Crippen LogP) is 6.87. The van der Waals surface area contributed by atoms with Gasteiger partial charge in [-0.25, -0.2) is 4.68 Å². The number of nitrogens with two attached hydrogens (primary N) is 1. The first kappa shape index (κ1) is 35.0. The molecule has 0 radical (unpaired) electrons. The first-order chi connectivity index (χ1) is 21.8. The van der Waals surface area contributed by atoms with Crippen LogP contribution in [0.15, 0.2) is 11.6 Å². The average Bonchev–Trinajstić information content (AvgIpc) is 3.41. The summed E-state index contributed by atoms with van der Waals surface area (Å²) in [6, 6.07) is -0.0628. The lowest BCUT2D eigenvalue weighted by molar-refractivity contribution is -0.254. The van der Waals surface area contributed by atoms with Crippen LogP contribution in [0.25, 0.3) is 0 Å². The highest BCUT2D eigenvalue weighted by Crippen LogP contribution is 2.75. The highest BCUT2D eigenvalue weighted by atomic mass is 16.5. The van der Waals surface area contributed by atoms with Crippen molar-refractivity contribution in [2.45, 2.75) is 132 Å². The molecule has 0 aromatic carbocycles. The minimum atomic E-state index is -0.630. The summed E-state index contributed by atoms with van der Waals surface area (Å²) in [5.41, 5.74) is 6.57. The number of carboxylic acids is 1. The highest BCUT2D eigenvalue weighted by Gasteiger charge is 2.72. The molecular weight excluding hydrogens is 590 g/mol. The van der Waals surface area contributed by atoms with Gasteiger partial charge in [0, 0.05) is 11.0 Å². The molecule has 1 aromatic heterocycles. The Balaban J connectivity index is 1.52. The Morgan fingerprint density at radius 3 is 2.43 bits per heavy atom. The largest absolute Gasteiger partial charge is 0.481 e. The lowest BCUT2D eigenvalue weighted by atomic mass is 9.34. The van der Waals surface area contributed by atoms with E-state index >= 15 is 0 Å². The molecule has 6 rings (SSSR count). The summed E-state index contributed by atoms with van der Waals surface area (Å²) in [4.78, 5) is 13.5. The van der Waals surface area contributed by atoms with E-state index in [1.165, 1.54) is 5.57 Å². The number of aromatic nitrogens is 4. The maximum absolute atomic E-state index is 13.5. The summed E-state index contributed by atoms with van der Waals surface area (Å²) in [5, 5.41) is 24.0. The molecule has 4 fully saturated rings. The zero-order chi connectivity index (χ0) is 34.5. The van der Waals surface area contributed by atoms with Gasteiger partial charge in [-0.1, -0.05) is 74.0 Å². The number of aryl methyl sites for hydroxylation is 1. The Kier molecular flexibility index (Phi) is 8.45.